The van der Waals surface area contributed by atoms with E-state index in [1.807, 2.05) is 33.8 Å². The number of aliphatic hydroxyl groups is 1. The first-order valence-electron chi connectivity index (χ1n) is 12.4. The Labute approximate surface area is 218 Å². The Kier molecular flexibility index (Phi) is 8.20. The Morgan fingerprint density at radius 3 is 2.59 bits per heavy atom. The van der Waals surface area contributed by atoms with E-state index in [9.17, 15) is 18.3 Å². The second-order valence-electron chi connectivity index (χ2n) is 10.1. The number of nitrogens with zero attached hydrogens (tertiary/aromatic N) is 4. The van der Waals surface area contributed by atoms with Crippen molar-refractivity contribution < 1.29 is 23.0 Å². The number of ether oxygens (including phenoxy) is 1. The van der Waals surface area contributed by atoms with E-state index in [4.69, 9.17) is 9.97 Å². The first-order valence-corrected chi connectivity index (χ1v) is 13.2. The summed E-state index contributed by atoms with van der Waals surface area (Å²) in [5.41, 5.74) is 2.49. The smallest absolute Gasteiger partial charge is 0.390 e. The number of hydrogen-bond acceptors (Lipinski definition) is 9. The van der Waals surface area contributed by atoms with Crippen molar-refractivity contribution in [3.05, 3.63) is 23.7 Å². The summed E-state index contributed by atoms with van der Waals surface area (Å²) in [5, 5.41) is 18.0. The van der Waals surface area contributed by atoms with Crippen molar-refractivity contribution >= 4 is 33.3 Å². The van der Waals surface area contributed by atoms with E-state index in [1.54, 1.807) is 17.5 Å². The van der Waals surface area contributed by atoms with Gasteiger partial charge in [0.2, 0.25) is 5.95 Å². The maximum Gasteiger partial charge on any atom is 0.411 e. The average Bonchev–Trinajstić information content (AvgIpc) is 3.43. The fraction of sp³-hybridized carbons (Fsp3) is 0.600. The number of alkyl halides is 3. The lowest BCUT2D eigenvalue weighted by atomic mass is 9.89. The molecule has 202 valence electrons. The number of thiazole rings is 1. The van der Waals surface area contributed by atoms with Crippen LogP contribution in [0.3, 0.4) is 0 Å². The lowest BCUT2D eigenvalue weighted by Crippen LogP contribution is -2.30. The van der Waals surface area contributed by atoms with Crippen molar-refractivity contribution in [1.82, 2.24) is 19.9 Å². The molecular weight excluding hydrogens is 505 g/mol. The standard InChI is InChI=1S/C25H33F3N6O2S/c1-14-19(22-33-20-15(2)29-10-8-18(20)37-22)21(32-17-7-6-16(12-17)24(3,4)35)34-23(31-14)30-9-5-11-36-13-25(26,27)28/h8,10,16-17,35H,5-7,9,11-13H2,1-4H3,(H2,30,31,32,34). The normalized spacial score (nSPS) is 18.5. The molecule has 1 aliphatic carbocycles. The van der Waals surface area contributed by atoms with Gasteiger partial charge in [0.05, 0.1) is 27.3 Å². The highest BCUT2D eigenvalue weighted by Crippen LogP contribution is 2.40. The number of rotatable bonds is 10. The molecule has 3 N–H and O–H groups in total. The zero-order valence-electron chi connectivity index (χ0n) is 21.4. The first kappa shape index (κ1) is 27.5. The maximum absolute atomic E-state index is 12.3. The minimum Gasteiger partial charge on any atom is -0.390 e. The molecule has 0 bridgehead atoms. The van der Waals surface area contributed by atoms with Crippen LogP contribution in [0.25, 0.3) is 20.8 Å². The fourth-order valence-electron chi connectivity index (χ4n) is 4.61. The predicted octanol–water partition coefficient (Wildman–Crippen LogP) is 5.50. The Balaban J connectivity index is 1.56. The van der Waals surface area contributed by atoms with Crippen LogP contribution in [0.15, 0.2) is 12.3 Å². The van der Waals surface area contributed by atoms with Crippen molar-refractivity contribution in [2.75, 3.05) is 30.4 Å². The van der Waals surface area contributed by atoms with Crippen LogP contribution in [-0.4, -0.2) is 62.6 Å². The van der Waals surface area contributed by atoms with Crippen LogP contribution in [-0.2, 0) is 4.74 Å². The third kappa shape index (κ3) is 7.05. The molecule has 2 atom stereocenters. The molecule has 0 radical (unpaired) electrons. The number of aromatic nitrogens is 4. The van der Waals surface area contributed by atoms with E-state index < -0.39 is 18.4 Å². The van der Waals surface area contributed by atoms with Crippen LogP contribution in [0.5, 0.6) is 0 Å². The largest absolute Gasteiger partial charge is 0.411 e. The molecule has 0 spiro atoms. The molecule has 3 aromatic rings. The molecule has 0 aromatic carbocycles. The molecule has 1 aliphatic rings. The summed E-state index contributed by atoms with van der Waals surface area (Å²) in [6, 6.07) is 2.07. The highest BCUT2D eigenvalue weighted by molar-refractivity contribution is 7.21. The molecule has 0 aliphatic heterocycles. The van der Waals surface area contributed by atoms with Gasteiger partial charge in [-0.05, 0) is 65.4 Å². The van der Waals surface area contributed by atoms with Gasteiger partial charge in [0.15, 0.2) is 0 Å². The van der Waals surface area contributed by atoms with Gasteiger partial charge in [-0.3, -0.25) is 4.98 Å². The molecule has 0 saturated heterocycles. The quantitative estimate of drug-likeness (QED) is 0.291. The first-order chi connectivity index (χ1) is 17.4. The molecule has 4 rings (SSSR count). The van der Waals surface area contributed by atoms with Gasteiger partial charge in [-0.1, -0.05) is 0 Å². The molecule has 1 saturated carbocycles. The van der Waals surface area contributed by atoms with Crippen molar-refractivity contribution in [3.8, 4) is 10.6 Å². The van der Waals surface area contributed by atoms with E-state index in [-0.39, 0.29) is 18.6 Å². The molecule has 2 unspecified atom stereocenters. The molecular formula is C25H33F3N6O2S. The second kappa shape index (κ2) is 11.0. The number of aryl methyl sites for hydroxylation is 2. The van der Waals surface area contributed by atoms with E-state index in [0.717, 1.165) is 51.4 Å². The van der Waals surface area contributed by atoms with E-state index >= 15 is 0 Å². The van der Waals surface area contributed by atoms with Gasteiger partial charge < -0.3 is 20.5 Å². The summed E-state index contributed by atoms with van der Waals surface area (Å²) in [7, 11) is 0. The number of halogens is 3. The minimum atomic E-state index is -4.33. The van der Waals surface area contributed by atoms with E-state index in [1.165, 1.54) is 0 Å². The number of nitrogens with one attached hydrogen (secondary N) is 2. The number of anilines is 2. The van der Waals surface area contributed by atoms with E-state index in [0.29, 0.717) is 24.7 Å². The summed E-state index contributed by atoms with van der Waals surface area (Å²) >= 11 is 1.55. The molecule has 37 heavy (non-hydrogen) atoms. The highest BCUT2D eigenvalue weighted by Gasteiger charge is 2.35. The Morgan fingerprint density at radius 1 is 1.14 bits per heavy atom. The molecule has 3 aromatic heterocycles. The van der Waals surface area contributed by atoms with Gasteiger partial charge in [-0.15, -0.1) is 11.3 Å². The van der Waals surface area contributed by atoms with Crippen LogP contribution in [0, 0.1) is 19.8 Å². The van der Waals surface area contributed by atoms with Gasteiger partial charge in [0.1, 0.15) is 22.9 Å². The minimum absolute atomic E-state index is 0.0197. The van der Waals surface area contributed by atoms with Gasteiger partial charge in [-0.25, -0.2) is 9.97 Å². The molecule has 0 amide bonds. The van der Waals surface area contributed by atoms with Gasteiger partial charge in [0.25, 0.3) is 0 Å². The third-order valence-corrected chi connectivity index (χ3v) is 7.62. The Bertz CT molecular complexity index is 1230. The van der Waals surface area contributed by atoms with Crippen LogP contribution < -0.4 is 10.6 Å². The fourth-order valence-corrected chi connectivity index (χ4v) is 5.72. The van der Waals surface area contributed by atoms with Crippen LogP contribution in [0.1, 0.15) is 50.9 Å². The van der Waals surface area contributed by atoms with Gasteiger partial charge in [0, 0.05) is 25.4 Å². The third-order valence-electron chi connectivity index (χ3n) is 6.58. The topological polar surface area (TPSA) is 105 Å². The SMILES string of the molecule is Cc1nc(NCCCOCC(F)(F)F)nc(NC2CCC(C(C)(C)O)C2)c1-c1nc2c(C)nccc2s1. The van der Waals surface area contributed by atoms with Crippen molar-refractivity contribution in [2.45, 2.75) is 71.2 Å². The molecule has 12 heteroatoms. The highest BCUT2D eigenvalue weighted by atomic mass is 32.1. The maximum atomic E-state index is 12.3. The predicted molar refractivity (Wildman–Crippen MR) is 139 cm³/mol. The summed E-state index contributed by atoms with van der Waals surface area (Å²) in [6.07, 6.45) is 0.443. The molecule has 8 nitrogen and oxygen atoms in total. The second-order valence-corrected chi connectivity index (χ2v) is 11.1. The van der Waals surface area contributed by atoms with Crippen molar-refractivity contribution in [2.24, 2.45) is 5.92 Å². The number of fused-ring (bicyclic) bond motifs is 1. The zero-order valence-corrected chi connectivity index (χ0v) is 22.3. The lowest BCUT2D eigenvalue weighted by molar-refractivity contribution is -0.173. The average molecular weight is 539 g/mol. The molecule has 1 fully saturated rings. The molecule has 3 heterocycles. The van der Waals surface area contributed by atoms with Gasteiger partial charge >= 0.3 is 6.18 Å². The van der Waals surface area contributed by atoms with E-state index in [2.05, 4.69) is 25.3 Å². The summed E-state index contributed by atoms with van der Waals surface area (Å²) in [6.45, 7) is 6.60. The van der Waals surface area contributed by atoms with Crippen LogP contribution in [0.2, 0.25) is 0 Å². The van der Waals surface area contributed by atoms with Crippen molar-refractivity contribution in [1.29, 1.82) is 0 Å². The summed E-state index contributed by atoms with van der Waals surface area (Å²) in [4.78, 5) is 18.6. The summed E-state index contributed by atoms with van der Waals surface area (Å²) < 4.78 is 42.5. The van der Waals surface area contributed by atoms with Crippen LogP contribution >= 0.6 is 11.3 Å². The van der Waals surface area contributed by atoms with Crippen LogP contribution in [0.4, 0.5) is 24.9 Å². The van der Waals surface area contributed by atoms with Gasteiger partial charge in [-0.2, -0.15) is 18.2 Å². The number of hydrogen-bond donors (Lipinski definition) is 3. The summed E-state index contributed by atoms with van der Waals surface area (Å²) in [5.74, 6) is 1.21. The number of pyridine rings is 1. The Hall–Kier alpha value is -2.57. The zero-order chi connectivity index (χ0) is 26.8. The monoisotopic (exact) mass is 538 g/mol. The van der Waals surface area contributed by atoms with Crippen molar-refractivity contribution in [3.63, 3.8) is 0 Å². The Morgan fingerprint density at radius 2 is 1.92 bits per heavy atom. The lowest BCUT2D eigenvalue weighted by Gasteiger charge is -2.25.